The van der Waals surface area contributed by atoms with Crippen LogP contribution in [0, 0.1) is 5.92 Å². The molecule has 0 aromatic heterocycles. The number of rotatable bonds is 7. The van der Waals surface area contributed by atoms with Crippen LogP contribution in [0.25, 0.3) is 0 Å². The molecule has 1 aliphatic heterocycles. The Morgan fingerprint density at radius 2 is 1.77 bits per heavy atom. The average molecular weight is 310 g/mol. The summed E-state index contributed by atoms with van der Waals surface area (Å²) < 4.78 is 0. The van der Waals surface area contributed by atoms with Crippen molar-refractivity contribution in [2.24, 2.45) is 5.92 Å². The van der Waals surface area contributed by atoms with Gasteiger partial charge in [-0.05, 0) is 19.3 Å². The molecule has 2 aliphatic rings. The first-order valence-corrected chi connectivity index (χ1v) is 8.73. The predicted octanol–water partition coefficient (Wildman–Crippen LogP) is 1.03. The lowest BCUT2D eigenvalue weighted by Crippen LogP contribution is -2.53. The van der Waals surface area contributed by atoms with Crippen LogP contribution in [0.5, 0.6) is 0 Å². The van der Waals surface area contributed by atoms with Crippen molar-refractivity contribution in [2.45, 2.75) is 39.0 Å². The molecule has 3 amide bonds. The zero-order valence-corrected chi connectivity index (χ0v) is 13.8. The van der Waals surface area contributed by atoms with Gasteiger partial charge in [0.05, 0.1) is 0 Å². The second-order valence-corrected chi connectivity index (χ2v) is 6.33. The summed E-state index contributed by atoms with van der Waals surface area (Å²) in [5.41, 5.74) is 0. The van der Waals surface area contributed by atoms with Crippen molar-refractivity contribution in [3.8, 4) is 0 Å². The predicted molar refractivity (Wildman–Crippen MR) is 86.7 cm³/mol. The molecule has 126 valence electrons. The van der Waals surface area contributed by atoms with Gasteiger partial charge in [0, 0.05) is 51.7 Å². The lowest BCUT2D eigenvalue weighted by molar-refractivity contribution is -0.127. The van der Waals surface area contributed by atoms with E-state index in [0.717, 1.165) is 71.5 Å². The van der Waals surface area contributed by atoms with Crippen LogP contribution in [0.2, 0.25) is 0 Å². The van der Waals surface area contributed by atoms with Crippen LogP contribution in [0.15, 0.2) is 0 Å². The van der Waals surface area contributed by atoms with Gasteiger partial charge < -0.3 is 15.5 Å². The van der Waals surface area contributed by atoms with Crippen molar-refractivity contribution < 1.29 is 9.59 Å². The van der Waals surface area contributed by atoms with Crippen molar-refractivity contribution in [1.29, 1.82) is 0 Å². The molecule has 0 aromatic rings. The van der Waals surface area contributed by atoms with Crippen LogP contribution in [0.3, 0.4) is 0 Å². The van der Waals surface area contributed by atoms with E-state index < -0.39 is 0 Å². The number of unbranched alkanes of at least 4 members (excludes halogenated alkanes) is 1. The highest BCUT2D eigenvalue weighted by Gasteiger charge is 2.25. The van der Waals surface area contributed by atoms with Gasteiger partial charge in [-0.3, -0.25) is 9.69 Å². The Bertz CT molecular complexity index is 363. The molecular weight excluding hydrogens is 280 g/mol. The molecule has 6 nitrogen and oxygen atoms in total. The molecule has 2 fully saturated rings. The summed E-state index contributed by atoms with van der Waals surface area (Å²) in [6.45, 7) is 7.81. The van der Waals surface area contributed by atoms with Crippen LogP contribution < -0.4 is 10.6 Å². The summed E-state index contributed by atoms with van der Waals surface area (Å²) in [6, 6.07) is 0.0615. The van der Waals surface area contributed by atoms with Gasteiger partial charge in [-0.1, -0.05) is 19.8 Å². The van der Waals surface area contributed by atoms with E-state index in [4.69, 9.17) is 0 Å². The Morgan fingerprint density at radius 1 is 1.05 bits per heavy atom. The fourth-order valence-corrected chi connectivity index (χ4v) is 2.81. The largest absolute Gasteiger partial charge is 0.355 e. The summed E-state index contributed by atoms with van der Waals surface area (Å²) in [4.78, 5) is 27.9. The maximum Gasteiger partial charge on any atom is 0.317 e. The number of hydrogen-bond donors (Lipinski definition) is 2. The number of carbonyl (C=O) groups excluding carboxylic acids is 2. The van der Waals surface area contributed by atoms with Crippen LogP contribution in [0.1, 0.15) is 39.0 Å². The van der Waals surface area contributed by atoms with E-state index in [1.54, 1.807) is 0 Å². The Balaban J connectivity index is 1.54. The molecular formula is C16H30N4O2. The van der Waals surface area contributed by atoms with E-state index in [1.165, 1.54) is 6.42 Å². The summed E-state index contributed by atoms with van der Waals surface area (Å²) >= 11 is 0. The minimum Gasteiger partial charge on any atom is -0.355 e. The standard InChI is InChI=1S/C16H30N4O2/c1-2-3-7-18-16(22)20-12-10-19(11-13-20)9-8-17-15(21)14-5-4-6-14/h14H,2-13H2,1H3,(H,17,21)(H,18,22). The Kier molecular flexibility index (Phi) is 6.96. The highest BCUT2D eigenvalue weighted by atomic mass is 16.2. The van der Waals surface area contributed by atoms with Crippen molar-refractivity contribution in [3.05, 3.63) is 0 Å². The second kappa shape index (κ2) is 8.98. The lowest BCUT2D eigenvalue weighted by atomic mass is 9.85. The number of amides is 3. The molecule has 2 rings (SSSR count). The molecule has 0 spiro atoms. The van der Waals surface area contributed by atoms with Gasteiger partial charge in [-0.15, -0.1) is 0 Å². The highest BCUT2D eigenvalue weighted by molar-refractivity contribution is 5.79. The van der Waals surface area contributed by atoms with Crippen molar-refractivity contribution in [3.63, 3.8) is 0 Å². The summed E-state index contributed by atoms with van der Waals surface area (Å²) in [5.74, 6) is 0.490. The third-order valence-electron chi connectivity index (χ3n) is 4.67. The van der Waals surface area contributed by atoms with Crippen LogP contribution in [-0.2, 0) is 4.79 Å². The number of nitrogens with one attached hydrogen (secondary N) is 2. The van der Waals surface area contributed by atoms with Gasteiger partial charge in [0.25, 0.3) is 0 Å². The monoisotopic (exact) mass is 310 g/mol. The average Bonchev–Trinajstić information content (AvgIpc) is 2.46. The summed E-state index contributed by atoms with van der Waals surface area (Å²) in [6.07, 6.45) is 5.43. The van der Waals surface area contributed by atoms with E-state index in [-0.39, 0.29) is 17.9 Å². The summed E-state index contributed by atoms with van der Waals surface area (Å²) in [5, 5.41) is 5.99. The topological polar surface area (TPSA) is 64.7 Å². The maximum atomic E-state index is 11.9. The van der Waals surface area contributed by atoms with E-state index in [1.807, 2.05) is 4.90 Å². The first-order valence-electron chi connectivity index (χ1n) is 8.73. The highest BCUT2D eigenvalue weighted by Crippen LogP contribution is 2.25. The molecule has 0 aromatic carbocycles. The second-order valence-electron chi connectivity index (χ2n) is 6.33. The molecule has 2 N–H and O–H groups in total. The van der Waals surface area contributed by atoms with Gasteiger partial charge >= 0.3 is 6.03 Å². The molecule has 0 unspecified atom stereocenters. The van der Waals surface area contributed by atoms with E-state index in [9.17, 15) is 9.59 Å². The summed E-state index contributed by atoms with van der Waals surface area (Å²) in [7, 11) is 0. The number of nitrogens with zero attached hydrogens (tertiary/aromatic N) is 2. The van der Waals surface area contributed by atoms with Crippen molar-refractivity contribution in [1.82, 2.24) is 20.4 Å². The van der Waals surface area contributed by atoms with E-state index in [0.29, 0.717) is 0 Å². The first-order chi connectivity index (χ1) is 10.7. The van der Waals surface area contributed by atoms with Crippen LogP contribution >= 0.6 is 0 Å². The zero-order chi connectivity index (χ0) is 15.8. The van der Waals surface area contributed by atoms with Gasteiger partial charge in [-0.25, -0.2) is 4.79 Å². The molecule has 1 aliphatic carbocycles. The number of urea groups is 1. The van der Waals surface area contributed by atoms with Gasteiger partial charge in [0.15, 0.2) is 0 Å². The molecule has 0 bridgehead atoms. The Labute approximate surface area is 133 Å². The van der Waals surface area contributed by atoms with Gasteiger partial charge in [-0.2, -0.15) is 0 Å². The molecule has 22 heavy (non-hydrogen) atoms. The van der Waals surface area contributed by atoms with Crippen LogP contribution in [-0.4, -0.2) is 67.6 Å². The molecule has 1 saturated heterocycles. The maximum absolute atomic E-state index is 11.9. The van der Waals surface area contributed by atoms with Crippen molar-refractivity contribution in [2.75, 3.05) is 45.8 Å². The molecule has 0 radical (unpaired) electrons. The minimum atomic E-state index is 0.0615. The zero-order valence-electron chi connectivity index (χ0n) is 13.8. The normalized spacial score (nSPS) is 19.6. The SMILES string of the molecule is CCCCNC(=O)N1CCN(CCNC(=O)C2CCC2)CC1. The van der Waals surface area contributed by atoms with Gasteiger partial charge in [0.2, 0.25) is 5.91 Å². The Morgan fingerprint density at radius 3 is 2.36 bits per heavy atom. The molecule has 0 atom stereocenters. The number of hydrogen-bond acceptors (Lipinski definition) is 3. The molecule has 1 heterocycles. The van der Waals surface area contributed by atoms with E-state index in [2.05, 4.69) is 22.5 Å². The molecule has 1 saturated carbocycles. The fourth-order valence-electron chi connectivity index (χ4n) is 2.81. The number of piperazine rings is 1. The Hall–Kier alpha value is -1.30. The lowest BCUT2D eigenvalue weighted by Gasteiger charge is -2.34. The van der Waals surface area contributed by atoms with E-state index >= 15 is 0 Å². The number of carbonyl (C=O) groups is 2. The van der Waals surface area contributed by atoms with Crippen molar-refractivity contribution >= 4 is 11.9 Å². The van der Waals surface area contributed by atoms with Crippen LogP contribution in [0.4, 0.5) is 4.79 Å². The smallest absolute Gasteiger partial charge is 0.317 e. The fraction of sp³-hybridized carbons (Fsp3) is 0.875. The third-order valence-corrected chi connectivity index (χ3v) is 4.67. The van der Waals surface area contributed by atoms with Gasteiger partial charge in [0.1, 0.15) is 0 Å². The minimum absolute atomic E-state index is 0.0615. The third kappa shape index (κ3) is 5.16. The first kappa shape index (κ1) is 17.1. The molecule has 6 heteroatoms. The quantitative estimate of drug-likeness (QED) is 0.690.